The summed E-state index contributed by atoms with van der Waals surface area (Å²) in [6.07, 6.45) is 0. The largest absolute Gasteiger partial charge is 0.344 e. The Hall–Kier alpha value is -2.83. The maximum Gasteiger partial charge on any atom is 0.237 e. The number of amides is 2. The van der Waals surface area contributed by atoms with Gasteiger partial charge in [0.15, 0.2) is 11.6 Å². The molecule has 2 aromatic carbocycles. The van der Waals surface area contributed by atoms with Crippen LogP contribution in [-0.2, 0) is 9.59 Å². The van der Waals surface area contributed by atoms with Gasteiger partial charge < -0.3 is 10.2 Å². The molecule has 1 saturated heterocycles. The lowest BCUT2D eigenvalue weighted by atomic mass is 9.87. The number of benzene rings is 2. The SMILES string of the molecule is CN1C[C@H](c2ccc(F)c(F)c2)[C@@H](C(=O)Nc2ccccc2F)C1=O. The summed E-state index contributed by atoms with van der Waals surface area (Å²) < 4.78 is 40.4. The fraction of sp³-hybridized carbons (Fsp3) is 0.222. The highest BCUT2D eigenvalue weighted by atomic mass is 19.2. The molecule has 7 heteroatoms. The van der Waals surface area contributed by atoms with Crippen molar-refractivity contribution in [2.45, 2.75) is 5.92 Å². The van der Waals surface area contributed by atoms with Gasteiger partial charge in [0, 0.05) is 19.5 Å². The Morgan fingerprint density at radius 2 is 1.80 bits per heavy atom. The van der Waals surface area contributed by atoms with Crippen molar-refractivity contribution in [3.8, 4) is 0 Å². The number of anilines is 1. The topological polar surface area (TPSA) is 49.4 Å². The van der Waals surface area contributed by atoms with Crippen molar-refractivity contribution < 1.29 is 22.8 Å². The molecular weight excluding hydrogens is 333 g/mol. The summed E-state index contributed by atoms with van der Waals surface area (Å²) in [4.78, 5) is 26.3. The van der Waals surface area contributed by atoms with E-state index in [0.717, 1.165) is 12.1 Å². The van der Waals surface area contributed by atoms with Gasteiger partial charge in [-0.05, 0) is 29.8 Å². The molecule has 0 aromatic heterocycles. The molecule has 1 N–H and O–H groups in total. The van der Waals surface area contributed by atoms with E-state index in [9.17, 15) is 22.8 Å². The lowest BCUT2D eigenvalue weighted by Gasteiger charge is -2.17. The number of halogens is 3. The third-order valence-corrected chi connectivity index (χ3v) is 4.30. The van der Waals surface area contributed by atoms with Crippen LogP contribution in [0.1, 0.15) is 11.5 Å². The lowest BCUT2D eigenvalue weighted by Crippen LogP contribution is -2.33. The quantitative estimate of drug-likeness (QED) is 0.867. The molecule has 0 saturated carbocycles. The molecule has 130 valence electrons. The second-order valence-electron chi connectivity index (χ2n) is 5.95. The average molecular weight is 348 g/mol. The summed E-state index contributed by atoms with van der Waals surface area (Å²) in [5, 5.41) is 2.40. The molecule has 2 amide bonds. The van der Waals surface area contributed by atoms with E-state index in [-0.39, 0.29) is 12.2 Å². The Kier molecular flexibility index (Phi) is 4.48. The standard InChI is InChI=1S/C18H15F3N2O2/c1-23-9-11(10-6-7-12(19)14(21)8-10)16(18(23)25)17(24)22-15-5-3-2-4-13(15)20/h2-8,11,16H,9H2,1H3,(H,22,24)/t11-,16+/m1/s1. The van der Waals surface area contributed by atoms with E-state index in [2.05, 4.69) is 5.32 Å². The van der Waals surface area contributed by atoms with Crippen molar-refractivity contribution in [2.75, 3.05) is 18.9 Å². The summed E-state index contributed by atoms with van der Waals surface area (Å²) in [6.45, 7) is 0.180. The summed E-state index contributed by atoms with van der Waals surface area (Å²) in [5.41, 5.74) is 0.296. The molecule has 1 fully saturated rings. The van der Waals surface area contributed by atoms with E-state index in [0.29, 0.717) is 5.56 Å². The van der Waals surface area contributed by atoms with Crippen LogP contribution in [-0.4, -0.2) is 30.3 Å². The molecule has 1 heterocycles. The summed E-state index contributed by atoms with van der Waals surface area (Å²) in [5.74, 6) is -5.62. The first kappa shape index (κ1) is 17.0. The van der Waals surface area contributed by atoms with Crippen molar-refractivity contribution in [3.05, 3.63) is 65.5 Å². The van der Waals surface area contributed by atoms with Crippen LogP contribution in [0.25, 0.3) is 0 Å². The lowest BCUT2D eigenvalue weighted by molar-refractivity contribution is -0.135. The summed E-state index contributed by atoms with van der Waals surface area (Å²) in [7, 11) is 1.52. The average Bonchev–Trinajstić information content (AvgIpc) is 2.87. The number of likely N-dealkylation sites (N-methyl/N-ethyl adjacent to an activating group) is 1. The van der Waals surface area contributed by atoms with Gasteiger partial charge in [0.25, 0.3) is 0 Å². The van der Waals surface area contributed by atoms with E-state index < -0.39 is 41.1 Å². The van der Waals surface area contributed by atoms with Crippen molar-refractivity contribution >= 4 is 17.5 Å². The Morgan fingerprint density at radius 3 is 2.48 bits per heavy atom. The van der Waals surface area contributed by atoms with Gasteiger partial charge in [-0.1, -0.05) is 18.2 Å². The Balaban J connectivity index is 1.90. The number of likely N-dealkylation sites (tertiary alicyclic amines) is 1. The highest BCUT2D eigenvalue weighted by molar-refractivity contribution is 6.08. The molecule has 0 unspecified atom stereocenters. The third kappa shape index (κ3) is 3.22. The smallest absolute Gasteiger partial charge is 0.237 e. The van der Waals surface area contributed by atoms with Crippen LogP contribution in [0.3, 0.4) is 0 Å². The number of rotatable bonds is 3. The minimum atomic E-state index is -1.14. The Morgan fingerprint density at radius 1 is 1.08 bits per heavy atom. The van der Waals surface area contributed by atoms with Gasteiger partial charge in [-0.2, -0.15) is 0 Å². The zero-order valence-corrected chi connectivity index (χ0v) is 13.3. The van der Waals surface area contributed by atoms with Gasteiger partial charge >= 0.3 is 0 Å². The van der Waals surface area contributed by atoms with Crippen LogP contribution in [0.5, 0.6) is 0 Å². The second-order valence-corrected chi connectivity index (χ2v) is 5.95. The van der Waals surface area contributed by atoms with E-state index in [4.69, 9.17) is 0 Å². The molecule has 1 aliphatic rings. The molecule has 25 heavy (non-hydrogen) atoms. The van der Waals surface area contributed by atoms with E-state index in [1.54, 1.807) is 6.07 Å². The minimum Gasteiger partial charge on any atom is -0.344 e. The number of para-hydroxylation sites is 1. The third-order valence-electron chi connectivity index (χ3n) is 4.30. The first-order chi connectivity index (χ1) is 11.9. The first-order valence-corrected chi connectivity index (χ1v) is 7.64. The molecule has 0 spiro atoms. The van der Waals surface area contributed by atoms with Crippen LogP contribution >= 0.6 is 0 Å². The van der Waals surface area contributed by atoms with E-state index in [1.165, 1.54) is 36.2 Å². The predicted octanol–water partition coefficient (Wildman–Crippen LogP) is 2.91. The van der Waals surface area contributed by atoms with Crippen LogP contribution in [0.4, 0.5) is 18.9 Å². The second kappa shape index (κ2) is 6.58. The molecule has 3 rings (SSSR count). The molecule has 0 radical (unpaired) electrons. The van der Waals surface area contributed by atoms with E-state index >= 15 is 0 Å². The number of carbonyl (C=O) groups excluding carboxylic acids is 2. The summed E-state index contributed by atoms with van der Waals surface area (Å²) in [6, 6.07) is 8.87. The molecule has 2 atom stereocenters. The number of nitrogens with one attached hydrogen (secondary N) is 1. The van der Waals surface area contributed by atoms with Gasteiger partial charge in [0.1, 0.15) is 11.7 Å². The van der Waals surface area contributed by atoms with Crippen molar-refractivity contribution in [3.63, 3.8) is 0 Å². The van der Waals surface area contributed by atoms with Crippen LogP contribution < -0.4 is 5.32 Å². The molecule has 4 nitrogen and oxygen atoms in total. The monoisotopic (exact) mass is 348 g/mol. The van der Waals surface area contributed by atoms with Gasteiger partial charge in [-0.25, -0.2) is 13.2 Å². The summed E-state index contributed by atoms with van der Waals surface area (Å²) >= 11 is 0. The number of hydrogen-bond acceptors (Lipinski definition) is 2. The fourth-order valence-electron chi connectivity index (χ4n) is 3.01. The normalized spacial score (nSPS) is 20.0. The molecule has 0 bridgehead atoms. The van der Waals surface area contributed by atoms with Crippen LogP contribution in [0, 0.1) is 23.4 Å². The van der Waals surface area contributed by atoms with Crippen LogP contribution in [0.15, 0.2) is 42.5 Å². The first-order valence-electron chi connectivity index (χ1n) is 7.64. The van der Waals surface area contributed by atoms with Gasteiger partial charge in [0.2, 0.25) is 11.8 Å². The fourth-order valence-corrected chi connectivity index (χ4v) is 3.01. The minimum absolute atomic E-state index is 0.0427. The van der Waals surface area contributed by atoms with Gasteiger partial charge in [0.05, 0.1) is 5.69 Å². The molecular formula is C18H15F3N2O2. The van der Waals surface area contributed by atoms with Gasteiger partial charge in [-0.3, -0.25) is 9.59 Å². The predicted molar refractivity (Wildman–Crippen MR) is 85.3 cm³/mol. The molecule has 0 aliphatic carbocycles. The molecule has 1 aliphatic heterocycles. The zero-order valence-electron chi connectivity index (χ0n) is 13.3. The van der Waals surface area contributed by atoms with E-state index in [1.807, 2.05) is 0 Å². The Labute approximate surface area is 142 Å². The zero-order chi connectivity index (χ0) is 18.1. The number of hydrogen-bond donors (Lipinski definition) is 1. The Bertz CT molecular complexity index is 841. The highest BCUT2D eigenvalue weighted by Gasteiger charge is 2.44. The maximum absolute atomic E-state index is 13.7. The number of carbonyl (C=O) groups is 2. The van der Waals surface area contributed by atoms with Crippen LogP contribution in [0.2, 0.25) is 0 Å². The van der Waals surface area contributed by atoms with Crippen molar-refractivity contribution in [1.29, 1.82) is 0 Å². The van der Waals surface area contributed by atoms with Gasteiger partial charge in [-0.15, -0.1) is 0 Å². The maximum atomic E-state index is 13.7. The van der Waals surface area contributed by atoms with Crippen molar-refractivity contribution in [1.82, 2.24) is 4.90 Å². The van der Waals surface area contributed by atoms with Crippen molar-refractivity contribution in [2.24, 2.45) is 5.92 Å². The highest BCUT2D eigenvalue weighted by Crippen LogP contribution is 2.34. The molecule has 2 aromatic rings. The number of nitrogens with zero attached hydrogens (tertiary/aromatic N) is 1.